The number of carboxylic acid groups (broad SMARTS) is 1. The van der Waals surface area contributed by atoms with Crippen LogP contribution in [0.1, 0.15) is 62.9 Å². The SMILES string of the molecule is CC(C)(C)NS(=O)(=O)c1cc(NC(=O)NCc2ccccc2)ccc1-c1sc(C2CCC(NC(=O)O)CC2)nc1F. The molecule has 3 amide bonds. The highest BCUT2D eigenvalue weighted by atomic mass is 32.2. The van der Waals surface area contributed by atoms with Gasteiger partial charge in [-0.1, -0.05) is 30.3 Å². The normalized spacial score (nSPS) is 17.6. The number of anilines is 1. The van der Waals surface area contributed by atoms with Gasteiger partial charge >= 0.3 is 12.1 Å². The van der Waals surface area contributed by atoms with Gasteiger partial charge in [-0.25, -0.2) is 27.7 Å². The summed E-state index contributed by atoms with van der Waals surface area (Å²) in [5, 5.41) is 17.4. The maximum absolute atomic E-state index is 15.3. The van der Waals surface area contributed by atoms with Gasteiger partial charge in [0.1, 0.15) is 0 Å². The number of hydrogen-bond acceptors (Lipinski definition) is 6. The molecule has 0 unspecified atom stereocenters. The van der Waals surface area contributed by atoms with Gasteiger partial charge < -0.3 is 21.1 Å². The number of halogens is 1. The molecular weight excluding hydrogens is 569 g/mol. The predicted octanol–water partition coefficient (Wildman–Crippen LogP) is 5.64. The van der Waals surface area contributed by atoms with E-state index in [4.69, 9.17) is 5.11 Å². The Morgan fingerprint density at radius 2 is 1.76 bits per heavy atom. The zero-order valence-corrected chi connectivity index (χ0v) is 24.7. The molecule has 2 aromatic carbocycles. The number of thiazole rings is 1. The molecule has 0 saturated heterocycles. The number of sulfonamides is 1. The van der Waals surface area contributed by atoms with Crippen molar-refractivity contribution >= 4 is 39.2 Å². The Bertz CT molecular complexity index is 1500. The van der Waals surface area contributed by atoms with E-state index in [-0.39, 0.29) is 39.5 Å². The number of amides is 3. The number of hydrogen-bond donors (Lipinski definition) is 5. The van der Waals surface area contributed by atoms with Crippen molar-refractivity contribution in [3.63, 3.8) is 0 Å². The van der Waals surface area contributed by atoms with Crippen LogP contribution in [0.3, 0.4) is 0 Å². The average Bonchev–Trinajstić information content (AvgIpc) is 3.28. The van der Waals surface area contributed by atoms with E-state index in [2.05, 4.69) is 25.7 Å². The number of carbonyl (C=O) groups is 2. The van der Waals surface area contributed by atoms with Gasteiger partial charge in [-0.2, -0.15) is 4.39 Å². The quantitative estimate of drug-likeness (QED) is 0.225. The second-order valence-electron chi connectivity index (χ2n) is 11.0. The van der Waals surface area contributed by atoms with Crippen molar-refractivity contribution in [2.75, 3.05) is 5.32 Å². The van der Waals surface area contributed by atoms with Crippen molar-refractivity contribution in [1.29, 1.82) is 0 Å². The van der Waals surface area contributed by atoms with E-state index < -0.39 is 33.6 Å². The van der Waals surface area contributed by atoms with E-state index in [1.807, 2.05) is 30.3 Å². The highest BCUT2D eigenvalue weighted by molar-refractivity contribution is 7.89. The molecule has 1 aliphatic rings. The van der Waals surface area contributed by atoms with E-state index in [0.717, 1.165) is 16.9 Å². The fraction of sp³-hybridized carbons (Fsp3) is 0.393. The van der Waals surface area contributed by atoms with Crippen LogP contribution in [0.2, 0.25) is 0 Å². The summed E-state index contributed by atoms with van der Waals surface area (Å²) in [5.74, 6) is -0.832. The van der Waals surface area contributed by atoms with Crippen molar-refractivity contribution in [2.45, 2.75) is 75.4 Å². The standard InChI is InChI=1S/C28H34FN5O5S2/c1-28(2,3)34-41(38,39)22-15-20(31-26(35)30-16-17-7-5-4-6-8-17)13-14-21(22)23-24(29)33-25(40-23)18-9-11-19(12-10-18)32-27(36)37/h4-8,13-15,18-19,32,34H,9-12,16H2,1-3H3,(H,36,37)(H2,30,31,35). The van der Waals surface area contributed by atoms with Crippen LogP contribution in [0, 0.1) is 5.95 Å². The van der Waals surface area contributed by atoms with Gasteiger partial charge in [0.15, 0.2) is 0 Å². The molecule has 1 aromatic heterocycles. The predicted molar refractivity (Wildman–Crippen MR) is 156 cm³/mol. The summed E-state index contributed by atoms with van der Waals surface area (Å²) in [5.41, 5.74) is 0.452. The minimum Gasteiger partial charge on any atom is -0.465 e. The summed E-state index contributed by atoms with van der Waals surface area (Å²) >= 11 is 1.09. The first-order valence-corrected chi connectivity index (χ1v) is 15.5. The van der Waals surface area contributed by atoms with Gasteiger partial charge in [-0.3, -0.25) is 0 Å². The third-order valence-corrected chi connectivity index (χ3v) is 9.54. The number of urea groups is 1. The maximum atomic E-state index is 15.3. The first kappa shape index (κ1) is 30.4. The molecule has 41 heavy (non-hydrogen) atoms. The number of carbonyl (C=O) groups excluding carboxylic acids is 1. The summed E-state index contributed by atoms with van der Waals surface area (Å²) < 4.78 is 44.9. The molecule has 220 valence electrons. The van der Waals surface area contributed by atoms with Crippen molar-refractivity contribution in [3.05, 3.63) is 65.0 Å². The van der Waals surface area contributed by atoms with Gasteiger partial charge in [-0.15, -0.1) is 11.3 Å². The third kappa shape index (κ3) is 8.24. The molecule has 0 atom stereocenters. The second-order valence-corrected chi connectivity index (χ2v) is 13.7. The molecule has 0 radical (unpaired) electrons. The largest absolute Gasteiger partial charge is 0.465 e. The van der Waals surface area contributed by atoms with Crippen LogP contribution in [0.15, 0.2) is 53.4 Å². The van der Waals surface area contributed by atoms with Gasteiger partial charge in [0, 0.05) is 35.3 Å². The maximum Gasteiger partial charge on any atom is 0.404 e. The van der Waals surface area contributed by atoms with Gasteiger partial charge in [-0.05, 0) is 70.2 Å². The van der Waals surface area contributed by atoms with E-state index in [0.29, 0.717) is 30.7 Å². The summed E-state index contributed by atoms with van der Waals surface area (Å²) in [7, 11) is -4.13. The molecule has 1 fully saturated rings. The van der Waals surface area contributed by atoms with Crippen LogP contribution in [0.4, 0.5) is 19.7 Å². The highest BCUT2D eigenvalue weighted by Gasteiger charge is 2.30. The zero-order valence-electron chi connectivity index (χ0n) is 23.0. The average molecular weight is 604 g/mol. The molecule has 1 saturated carbocycles. The van der Waals surface area contributed by atoms with Crippen LogP contribution < -0.4 is 20.7 Å². The lowest BCUT2D eigenvalue weighted by molar-refractivity contribution is 0.185. The lowest BCUT2D eigenvalue weighted by Gasteiger charge is -2.26. The molecular formula is C28H34FN5O5S2. The summed E-state index contributed by atoms with van der Waals surface area (Å²) in [6, 6.07) is 13.0. The molecule has 13 heteroatoms. The minimum atomic E-state index is -4.13. The number of nitrogens with one attached hydrogen (secondary N) is 4. The summed E-state index contributed by atoms with van der Waals surface area (Å²) in [4.78, 5) is 27.5. The molecule has 10 nitrogen and oxygen atoms in total. The van der Waals surface area contributed by atoms with E-state index >= 15 is 4.39 Å². The highest BCUT2D eigenvalue weighted by Crippen LogP contribution is 2.41. The molecule has 4 rings (SSSR count). The van der Waals surface area contributed by atoms with E-state index in [1.54, 1.807) is 20.8 Å². The first-order chi connectivity index (χ1) is 19.3. The van der Waals surface area contributed by atoms with Crippen LogP contribution >= 0.6 is 11.3 Å². The van der Waals surface area contributed by atoms with Crippen LogP contribution in [-0.2, 0) is 16.6 Å². The van der Waals surface area contributed by atoms with Crippen molar-refractivity contribution in [3.8, 4) is 10.4 Å². The van der Waals surface area contributed by atoms with E-state index in [1.165, 1.54) is 18.2 Å². The Morgan fingerprint density at radius 1 is 1.07 bits per heavy atom. The van der Waals surface area contributed by atoms with Gasteiger partial charge in [0.05, 0.1) is 14.8 Å². The molecule has 3 aromatic rings. The summed E-state index contributed by atoms with van der Waals surface area (Å²) in [6.07, 6.45) is 1.41. The molecule has 0 bridgehead atoms. The lowest BCUT2D eigenvalue weighted by atomic mass is 9.86. The Morgan fingerprint density at radius 3 is 2.39 bits per heavy atom. The number of rotatable bonds is 8. The fourth-order valence-corrected chi connectivity index (χ4v) is 7.62. The Balaban J connectivity index is 1.60. The third-order valence-electron chi connectivity index (χ3n) is 6.52. The smallest absolute Gasteiger partial charge is 0.404 e. The minimum absolute atomic E-state index is 0.0582. The van der Waals surface area contributed by atoms with Crippen LogP contribution in [0.25, 0.3) is 10.4 Å². The van der Waals surface area contributed by atoms with Crippen molar-refractivity contribution < 1.29 is 27.5 Å². The Labute approximate surface area is 242 Å². The number of nitrogens with zero attached hydrogens (tertiary/aromatic N) is 1. The number of benzene rings is 2. The second kappa shape index (κ2) is 12.5. The van der Waals surface area contributed by atoms with Crippen LogP contribution in [-0.4, -0.2) is 42.2 Å². The molecule has 1 aliphatic carbocycles. The molecule has 0 aliphatic heterocycles. The Hall–Kier alpha value is -3.55. The lowest BCUT2D eigenvalue weighted by Crippen LogP contribution is -2.40. The van der Waals surface area contributed by atoms with Crippen molar-refractivity contribution in [1.82, 2.24) is 20.3 Å². The zero-order chi connectivity index (χ0) is 29.8. The van der Waals surface area contributed by atoms with Gasteiger partial charge in [0.2, 0.25) is 16.0 Å². The number of aromatic nitrogens is 1. The molecule has 1 heterocycles. The van der Waals surface area contributed by atoms with Crippen molar-refractivity contribution in [2.24, 2.45) is 0 Å². The summed E-state index contributed by atoms with van der Waals surface area (Å²) in [6.45, 7) is 5.38. The molecule has 0 spiro atoms. The topological polar surface area (TPSA) is 150 Å². The molecule has 5 N–H and O–H groups in total. The fourth-order valence-electron chi connectivity index (χ4n) is 4.74. The monoisotopic (exact) mass is 603 g/mol. The van der Waals surface area contributed by atoms with Crippen LogP contribution in [0.5, 0.6) is 0 Å². The van der Waals surface area contributed by atoms with Gasteiger partial charge in [0.25, 0.3) is 0 Å². The van der Waals surface area contributed by atoms with E-state index in [9.17, 15) is 18.0 Å². The first-order valence-electron chi connectivity index (χ1n) is 13.2. The Kier molecular flexibility index (Phi) is 9.30.